The highest BCUT2D eigenvalue weighted by atomic mass is 16.5. The highest BCUT2D eigenvalue weighted by molar-refractivity contribution is 6.05. The summed E-state index contributed by atoms with van der Waals surface area (Å²) in [5, 5.41) is 14.0. The van der Waals surface area contributed by atoms with Gasteiger partial charge in [0.1, 0.15) is 0 Å². The average molecular weight is 537 g/mol. The standard InChI is InChI=1S/C30H24N4O6/c1-39-29(37)21-7-3-19(4-8-21)27(35)31-23-11-15-25(16-12-23)33-34-26-17-13-24(14-18-26)32-28(36)20-5-9-22(10-6-20)30(38)40-2/h3-18H,1-2H3,(H,31,35)(H,32,36). The molecule has 10 heteroatoms. The molecule has 2 N–H and O–H groups in total. The third-order valence-corrected chi connectivity index (χ3v) is 5.67. The van der Waals surface area contributed by atoms with Gasteiger partial charge in [0, 0.05) is 22.5 Å². The van der Waals surface area contributed by atoms with E-state index in [4.69, 9.17) is 0 Å². The number of esters is 2. The maximum Gasteiger partial charge on any atom is 0.337 e. The Hall–Kier alpha value is -5.64. The zero-order valence-corrected chi connectivity index (χ0v) is 21.6. The van der Waals surface area contributed by atoms with Crippen molar-refractivity contribution in [2.75, 3.05) is 24.9 Å². The summed E-state index contributed by atoms with van der Waals surface area (Å²) in [5.41, 5.74) is 3.80. The van der Waals surface area contributed by atoms with E-state index in [1.54, 1.807) is 72.8 Å². The van der Waals surface area contributed by atoms with Gasteiger partial charge in [-0.05, 0) is 97.1 Å². The van der Waals surface area contributed by atoms with E-state index in [9.17, 15) is 19.2 Å². The molecule has 0 bridgehead atoms. The minimum Gasteiger partial charge on any atom is -0.465 e. The second-order valence-corrected chi connectivity index (χ2v) is 8.34. The van der Waals surface area contributed by atoms with Crippen molar-refractivity contribution < 1.29 is 28.7 Å². The van der Waals surface area contributed by atoms with E-state index in [0.717, 1.165) is 0 Å². The van der Waals surface area contributed by atoms with Crippen LogP contribution in [0, 0.1) is 0 Å². The smallest absolute Gasteiger partial charge is 0.337 e. The summed E-state index contributed by atoms with van der Waals surface area (Å²) < 4.78 is 9.31. The van der Waals surface area contributed by atoms with Gasteiger partial charge in [-0.2, -0.15) is 10.2 Å². The number of hydrogen-bond donors (Lipinski definition) is 2. The van der Waals surface area contributed by atoms with Gasteiger partial charge in [0.05, 0.1) is 36.7 Å². The van der Waals surface area contributed by atoms with E-state index in [0.29, 0.717) is 45.0 Å². The molecule has 0 atom stereocenters. The van der Waals surface area contributed by atoms with Gasteiger partial charge in [-0.25, -0.2) is 9.59 Å². The normalized spacial score (nSPS) is 10.6. The van der Waals surface area contributed by atoms with Gasteiger partial charge in [0.2, 0.25) is 0 Å². The van der Waals surface area contributed by atoms with Crippen LogP contribution in [0.25, 0.3) is 0 Å². The van der Waals surface area contributed by atoms with Crippen LogP contribution in [0.4, 0.5) is 22.7 Å². The van der Waals surface area contributed by atoms with Gasteiger partial charge in [-0.15, -0.1) is 0 Å². The van der Waals surface area contributed by atoms with E-state index < -0.39 is 11.9 Å². The highest BCUT2D eigenvalue weighted by Gasteiger charge is 2.11. The van der Waals surface area contributed by atoms with Crippen molar-refractivity contribution >= 4 is 46.5 Å². The number of azo groups is 1. The summed E-state index contributed by atoms with van der Waals surface area (Å²) >= 11 is 0. The predicted octanol–water partition coefficient (Wildman–Crippen LogP) is 6.18. The van der Waals surface area contributed by atoms with Crippen molar-refractivity contribution in [3.63, 3.8) is 0 Å². The van der Waals surface area contributed by atoms with E-state index in [2.05, 4.69) is 30.3 Å². The predicted molar refractivity (Wildman–Crippen MR) is 149 cm³/mol. The number of amides is 2. The van der Waals surface area contributed by atoms with Crippen LogP contribution in [0.2, 0.25) is 0 Å². The third kappa shape index (κ3) is 7.01. The number of methoxy groups -OCH3 is 2. The monoisotopic (exact) mass is 536 g/mol. The fourth-order valence-corrected chi connectivity index (χ4v) is 3.50. The fourth-order valence-electron chi connectivity index (χ4n) is 3.50. The fraction of sp³-hybridized carbons (Fsp3) is 0.0667. The van der Waals surface area contributed by atoms with Crippen LogP contribution in [0.5, 0.6) is 0 Å². The minimum atomic E-state index is -0.472. The quantitative estimate of drug-likeness (QED) is 0.204. The van der Waals surface area contributed by atoms with Crippen LogP contribution in [0.3, 0.4) is 0 Å². The van der Waals surface area contributed by atoms with Crippen LogP contribution in [0.1, 0.15) is 41.4 Å². The zero-order chi connectivity index (χ0) is 28.5. The molecule has 0 heterocycles. The molecular formula is C30H24N4O6. The molecule has 0 saturated heterocycles. The van der Waals surface area contributed by atoms with E-state index in [1.807, 2.05) is 0 Å². The molecular weight excluding hydrogens is 512 g/mol. The maximum atomic E-state index is 12.5. The van der Waals surface area contributed by atoms with Crippen molar-refractivity contribution in [3.05, 3.63) is 119 Å². The topological polar surface area (TPSA) is 136 Å². The molecule has 0 spiro atoms. The first kappa shape index (κ1) is 27.4. The van der Waals surface area contributed by atoms with Crippen molar-refractivity contribution in [3.8, 4) is 0 Å². The molecule has 0 aromatic heterocycles. The molecule has 0 unspecified atom stereocenters. The molecule has 0 saturated carbocycles. The summed E-state index contributed by atoms with van der Waals surface area (Å²) in [6.07, 6.45) is 0. The van der Waals surface area contributed by atoms with Gasteiger partial charge in [0.25, 0.3) is 11.8 Å². The number of hydrogen-bond acceptors (Lipinski definition) is 8. The van der Waals surface area contributed by atoms with Crippen LogP contribution in [-0.4, -0.2) is 38.0 Å². The number of benzene rings is 4. The summed E-state index contributed by atoms with van der Waals surface area (Å²) in [6, 6.07) is 25.9. The SMILES string of the molecule is COC(=O)c1ccc(C(=O)Nc2ccc(N=Nc3ccc(NC(=O)c4ccc(C(=O)OC)cc4)cc3)cc2)cc1. The van der Waals surface area contributed by atoms with E-state index >= 15 is 0 Å². The lowest BCUT2D eigenvalue weighted by Crippen LogP contribution is -2.12. The number of ether oxygens (including phenoxy) is 2. The summed E-state index contributed by atoms with van der Waals surface area (Å²) in [6.45, 7) is 0. The Kier molecular flexibility index (Phi) is 8.73. The summed E-state index contributed by atoms with van der Waals surface area (Å²) in [7, 11) is 2.59. The van der Waals surface area contributed by atoms with E-state index in [1.165, 1.54) is 38.5 Å². The number of anilines is 2. The lowest BCUT2D eigenvalue weighted by Gasteiger charge is -2.06. The zero-order valence-electron chi connectivity index (χ0n) is 21.6. The molecule has 10 nitrogen and oxygen atoms in total. The Labute approximate surface area is 229 Å². The molecule has 4 rings (SSSR count). The molecule has 40 heavy (non-hydrogen) atoms. The molecule has 4 aromatic rings. The summed E-state index contributed by atoms with van der Waals surface area (Å²) in [5.74, 6) is -1.59. The molecule has 200 valence electrons. The highest BCUT2D eigenvalue weighted by Crippen LogP contribution is 2.22. The second kappa shape index (κ2) is 12.7. The van der Waals surface area contributed by atoms with Crippen molar-refractivity contribution in [2.45, 2.75) is 0 Å². The van der Waals surface area contributed by atoms with Crippen LogP contribution in [-0.2, 0) is 9.47 Å². The molecule has 0 fully saturated rings. The van der Waals surface area contributed by atoms with Crippen LogP contribution in [0.15, 0.2) is 107 Å². The van der Waals surface area contributed by atoms with Gasteiger partial charge in [0.15, 0.2) is 0 Å². The molecule has 2 amide bonds. The van der Waals surface area contributed by atoms with Gasteiger partial charge in [-0.1, -0.05) is 0 Å². The number of nitrogens with one attached hydrogen (secondary N) is 2. The van der Waals surface area contributed by atoms with Crippen molar-refractivity contribution in [1.29, 1.82) is 0 Å². The average Bonchev–Trinajstić information content (AvgIpc) is 3.00. The van der Waals surface area contributed by atoms with Crippen LogP contribution < -0.4 is 10.6 Å². The third-order valence-electron chi connectivity index (χ3n) is 5.67. The maximum absolute atomic E-state index is 12.5. The number of nitrogens with zero attached hydrogens (tertiary/aromatic N) is 2. The lowest BCUT2D eigenvalue weighted by molar-refractivity contribution is 0.0592. The lowest BCUT2D eigenvalue weighted by atomic mass is 10.1. The first-order valence-electron chi connectivity index (χ1n) is 12.0. The van der Waals surface area contributed by atoms with E-state index in [-0.39, 0.29) is 11.8 Å². The molecule has 0 aliphatic carbocycles. The first-order valence-corrected chi connectivity index (χ1v) is 12.0. The number of rotatable bonds is 8. The minimum absolute atomic E-state index is 0.323. The van der Waals surface area contributed by atoms with Crippen LogP contribution >= 0.6 is 0 Å². The molecule has 0 radical (unpaired) electrons. The molecule has 4 aromatic carbocycles. The Balaban J connectivity index is 1.30. The Morgan fingerprint density at radius 1 is 0.475 bits per heavy atom. The number of carbonyl (C=O) groups excluding carboxylic acids is 4. The Morgan fingerprint density at radius 2 is 0.775 bits per heavy atom. The first-order chi connectivity index (χ1) is 19.4. The number of carbonyl (C=O) groups is 4. The second-order valence-electron chi connectivity index (χ2n) is 8.34. The van der Waals surface area contributed by atoms with Crippen molar-refractivity contribution in [2.24, 2.45) is 10.2 Å². The Morgan fingerprint density at radius 3 is 1.07 bits per heavy atom. The molecule has 0 aliphatic rings. The molecule has 0 aliphatic heterocycles. The van der Waals surface area contributed by atoms with Gasteiger partial charge in [-0.3, -0.25) is 9.59 Å². The largest absolute Gasteiger partial charge is 0.465 e. The van der Waals surface area contributed by atoms with Gasteiger partial charge >= 0.3 is 11.9 Å². The Bertz CT molecular complexity index is 1430. The van der Waals surface area contributed by atoms with Crippen molar-refractivity contribution in [1.82, 2.24) is 0 Å². The van der Waals surface area contributed by atoms with Gasteiger partial charge < -0.3 is 20.1 Å². The summed E-state index contributed by atoms with van der Waals surface area (Å²) in [4.78, 5) is 48.0.